The number of rotatable bonds is 1. The topological polar surface area (TPSA) is 26.0 Å². The molecule has 0 radical (unpaired) electrons. The van der Waals surface area contributed by atoms with Crippen molar-refractivity contribution in [2.45, 2.75) is 43.6 Å². The molecule has 0 amide bonds. The van der Waals surface area contributed by atoms with Gasteiger partial charge in [0.2, 0.25) is 0 Å². The minimum Gasteiger partial charge on any atom is -0.321 e. The van der Waals surface area contributed by atoms with Crippen LogP contribution in [-0.4, -0.2) is 5.92 Å². The average molecular weight is 223 g/mol. The maximum Gasteiger partial charge on any atom is 0.252 e. The molecule has 0 aliphatic heterocycles. The highest BCUT2D eigenvalue weighted by atomic mass is 19.3. The van der Waals surface area contributed by atoms with E-state index < -0.39 is 11.5 Å². The van der Waals surface area contributed by atoms with Gasteiger partial charge in [0, 0.05) is 12.8 Å². The van der Waals surface area contributed by atoms with Crippen LogP contribution in [0.1, 0.15) is 36.0 Å². The van der Waals surface area contributed by atoms with E-state index in [9.17, 15) is 8.78 Å². The Bertz CT molecular complexity index is 432. The molecule has 1 nitrogen and oxygen atoms in total. The van der Waals surface area contributed by atoms with E-state index in [0.717, 1.165) is 24.8 Å². The van der Waals surface area contributed by atoms with Crippen LogP contribution < -0.4 is 5.73 Å². The molecule has 3 rings (SSSR count). The van der Waals surface area contributed by atoms with E-state index in [0.29, 0.717) is 0 Å². The van der Waals surface area contributed by atoms with E-state index in [-0.39, 0.29) is 12.8 Å². The van der Waals surface area contributed by atoms with Gasteiger partial charge in [0.1, 0.15) is 0 Å². The van der Waals surface area contributed by atoms with E-state index in [1.807, 2.05) is 12.1 Å². The van der Waals surface area contributed by atoms with Gasteiger partial charge in [0.05, 0.1) is 5.54 Å². The monoisotopic (exact) mass is 223 g/mol. The molecule has 2 N–H and O–H groups in total. The van der Waals surface area contributed by atoms with Crippen LogP contribution in [0.15, 0.2) is 18.2 Å². The normalized spacial score (nSPS) is 24.9. The van der Waals surface area contributed by atoms with Gasteiger partial charge in [-0.05, 0) is 36.0 Å². The van der Waals surface area contributed by atoms with E-state index in [4.69, 9.17) is 5.73 Å². The predicted octanol–water partition coefficient (Wildman–Crippen LogP) is 2.76. The highest BCUT2D eigenvalue weighted by molar-refractivity contribution is 5.44. The Morgan fingerprint density at radius 1 is 1.12 bits per heavy atom. The summed E-state index contributed by atoms with van der Waals surface area (Å²) in [5.74, 6) is -2.56. The first-order chi connectivity index (χ1) is 7.50. The summed E-state index contributed by atoms with van der Waals surface area (Å²) in [7, 11) is 0. The molecule has 1 aromatic carbocycles. The molecule has 0 unspecified atom stereocenters. The zero-order valence-electron chi connectivity index (χ0n) is 9.10. The number of hydrogen-bond acceptors (Lipinski definition) is 1. The maximum atomic E-state index is 13.0. The van der Waals surface area contributed by atoms with E-state index in [1.165, 1.54) is 11.1 Å². The molecule has 0 spiro atoms. The molecule has 0 bridgehead atoms. The van der Waals surface area contributed by atoms with Gasteiger partial charge in [0.15, 0.2) is 0 Å². The lowest BCUT2D eigenvalue weighted by atomic mass is 9.68. The molecule has 86 valence electrons. The lowest BCUT2D eigenvalue weighted by Crippen LogP contribution is -2.55. The Morgan fingerprint density at radius 3 is 2.56 bits per heavy atom. The molecule has 0 atom stereocenters. The smallest absolute Gasteiger partial charge is 0.252 e. The summed E-state index contributed by atoms with van der Waals surface area (Å²) >= 11 is 0. The summed E-state index contributed by atoms with van der Waals surface area (Å²) < 4.78 is 26.0. The van der Waals surface area contributed by atoms with Crippen LogP contribution in [0.3, 0.4) is 0 Å². The number of halogens is 2. The number of fused-ring (bicyclic) bond motifs is 1. The number of aryl methyl sites for hydroxylation is 1. The Hall–Kier alpha value is -0.960. The molecule has 1 saturated carbocycles. The standard InChI is InChI=1S/C13H15F2N/c14-13(15)7-12(16,8-13)11-6-2-4-9-3-1-5-10(9)11/h2,4,6H,1,3,5,7-8,16H2. The van der Waals surface area contributed by atoms with Crippen molar-refractivity contribution in [3.05, 3.63) is 34.9 Å². The van der Waals surface area contributed by atoms with Crippen molar-refractivity contribution in [2.24, 2.45) is 5.73 Å². The molecule has 2 aliphatic carbocycles. The van der Waals surface area contributed by atoms with Crippen LogP contribution in [0.5, 0.6) is 0 Å². The number of benzene rings is 1. The van der Waals surface area contributed by atoms with Crippen LogP contribution in [0.25, 0.3) is 0 Å². The molecule has 1 fully saturated rings. The van der Waals surface area contributed by atoms with Crippen molar-refractivity contribution in [3.8, 4) is 0 Å². The van der Waals surface area contributed by atoms with Gasteiger partial charge in [-0.1, -0.05) is 18.2 Å². The van der Waals surface area contributed by atoms with E-state index in [2.05, 4.69) is 6.07 Å². The summed E-state index contributed by atoms with van der Waals surface area (Å²) in [5.41, 5.74) is 8.82. The summed E-state index contributed by atoms with van der Waals surface area (Å²) in [6.45, 7) is 0. The zero-order chi connectivity index (χ0) is 11.4. The minimum absolute atomic E-state index is 0.198. The molecule has 1 aromatic rings. The summed E-state index contributed by atoms with van der Waals surface area (Å²) in [4.78, 5) is 0. The highest BCUT2D eigenvalue weighted by Crippen LogP contribution is 2.51. The van der Waals surface area contributed by atoms with Gasteiger partial charge < -0.3 is 5.73 Å². The zero-order valence-corrected chi connectivity index (χ0v) is 9.10. The number of nitrogens with two attached hydrogens (primary N) is 1. The first-order valence-electron chi connectivity index (χ1n) is 5.78. The third-order valence-corrected chi connectivity index (χ3v) is 3.83. The van der Waals surface area contributed by atoms with Crippen LogP contribution in [0.2, 0.25) is 0 Å². The lowest BCUT2D eigenvalue weighted by Gasteiger charge is -2.45. The fourth-order valence-electron chi connectivity index (χ4n) is 3.15. The van der Waals surface area contributed by atoms with E-state index in [1.54, 1.807) is 0 Å². The fourth-order valence-corrected chi connectivity index (χ4v) is 3.15. The summed E-state index contributed by atoms with van der Waals surface area (Å²) in [6.07, 6.45) is 2.79. The molecule has 3 heteroatoms. The maximum absolute atomic E-state index is 13.0. The van der Waals surface area contributed by atoms with E-state index >= 15 is 0 Å². The van der Waals surface area contributed by atoms with Gasteiger partial charge >= 0.3 is 0 Å². The summed E-state index contributed by atoms with van der Waals surface area (Å²) in [6, 6.07) is 5.97. The largest absolute Gasteiger partial charge is 0.321 e. The second kappa shape index (κ2) is 3.04. The van der Waals surface area contributed by atoms with Crippen molar-refractivity contribution >= 4 is 0 Å². The number of hydrogen-bond donors (Lipinski definition) is 1. The Morgan fingerprint density at radius 2 is 1.88 bits per heavy atom. The average Bonchev–Trinajstić information content (AvgIpc) is 2.60. The third-order valence-electron chi connectivity index (χ3n) is 3.83. The van der Waals surface area contributed by atoms with Crippen LogP contribution in [0, 0.1) is 0 Å². The van der Waals surface area contributed by atoms with Gasteiger partial charge in [-0.15, -0.1) is 0 Å². The Kier molecular flexibility index (Phi) is 1.94. The van der Waals surface area contributed by atoms with Crippen molar-refractivity contribution in [1.82, 2.24) is 0 Å². The molecule has 2 aliphatic rings. The molecule has 16 heavy (non-hydrogen) atoms. The van der Waals surface area contributed by atoms with Crippen LogP contribution in [-0.2, 0) is 18.4 Å². The van der Waals surface area contributed by atoms with Crippen molar-refractivity contribution in [3.63, 3.8) is 0 Å². The fraction of sp³-hybridized carbons (Fsp3) is 0.538. The van der Waals surface area contributed by atoms with Crippen molar-refractivity contribution in [1.29, 1.82) is 0 Å². The van der Waals surface area contributed by atoms with Gasteiger partial charge in [0.25, 0.3) is 5.92 Å². The lowest BCUT2D eigenvalue weighted by molar-refractivity contribution is -0.125. The first-order valence-corrected chi connectivity index (χ1v) is 5.78. The molecule has 0 aromatic heterocycles. The predicted molar refractivity (Wildman–Crippen MR) is 58.5 cm³/mol. The Balaban J connectivity index is 1.99. The van der Waals surface area contributed by atoms with Gasteiger partial charge in [-0.3, -0.25) is 0 Å². The molecular formula is C13H15F2N. The van der Waals surface area contributed by atoms with Gasteiger partial charge in [-0.2, -0.15) is 0 Å². The molecule has 0 heterocycles. The minimum atomic E-state index is -2.56. The van der Waals surface area contributed by atoms with Crippen LogP contribution >= 0.6 is 0 Å². The SMILES string of the molecule is NC1(c2cccc3c2CCC3)CC(F)(F)C1. The number of alkyl halides is 2. The molecule has 0 saturated heterocycles. The first kappa shape index (κ1) is 10.2. The van der Waals surface area contributed by atoms with Crippen molar-refractivity contribution in [2.75, 3.05) is 0 Å². The van der Waals surface area contributed by atoms with Crippen LogP contribution in [0.4, 0.5) is 8.78 Å². The third kappa shape index (κ3) is 1.38. The van der Waals surface area contributed by atoms with Gasteiger partial charge in [-0.25, -0.2) is 8.78 Å². The second-order valence-corrected chi connectivity index (χ2v) is 5.16. The summed E-state index contributed by atoms with van der Waals surface area (Å²) in [5, 5.41) is 0. The molecular weight excluding hydrogens is 208 g/mol. The Labute approximate surface area is 93.6 Å². The highest BCUT2D eigenvalue weighted by Gasteiger charge is 2.55. The quantitative estimate of drug-likeness (QED) is 0.778. The second-order valence-electron chi connectivity index (χ2n) is 5.16. The van der Waals surface area contributed by atoms with Crippen molar-refractivity contribution < 1.29 is 8.78 Å².